The van der Waals surface area contributed by atoms with Crippen LogP contribution in [-0.2, 0) is 9.59 Å². The Kier molecular flexibility index (Phi) is 6.06. The smallest absolute Gasteiger partial charge is 0.195 e. The van der Waals surface area contributed by atoms with Crippen molar-refractivity contribution in [1.29, 1.82) is 0 Å². The van der Waals surface area contributed by atoms with Crippen LogP contribution in [0, 0.1) is 29.6 Å². The third-order valence-electron chi connectivity index (χ3n) is 5.66. The Morgan fingerprint density at radius 2 is 1.85 bits per heavy atom. The highest BCUT2D eigenvalue weighted by atomic mass is 127. The van der Waals surface area contributed by atoms with Crippen molar-refractivity contribution in [3.63, 3.8) is 0 Å². The Morgan fingerprint density at radius 3 is 2.40 bits per heavy atom. The average Bonchev–Trinajstić information content (AvgIpc) is 2.42. The lowest BCUT2D eigenvalue weighted by molar-refractivity contribution is -0.126. The summed E-state index contributed by atoms with van der Waals surface area (Å²) in [4.78, 5) is 23.3. The zero-order chi connectivity index (χ0) is 14.7. The predicted octanol–water partition coefficient (Wildman–Crippen LogP) is 4.79. The highest BCUT2D eigenvalue weighted by molar-refractivity contribution is 14.1. The molecule has 2 nitrogen and oxygen atoms in total. The van der Waals surface area contributed by atoms with Gasteiger partial charge in [-0.25, -0.2) is 0 Å². The highest BCUT2D eigenvalue weighted by Crippen LogP contribution is 2.39. The summed E-state index contributed by atoms with van der Waals surface area (Å²) < 4.78 is 0.348. The minimum atomic E-state index is 0.295. The fourth-order valence-corrected chi connectivity index (χ4v) is 4.64. The van der Waals surface area contributed by atoms with Gasteiger partial charge in [0, 0.05) is 18.3 Å². The van der Waals surface area contributed by atoms with Crippen molar-refractivity contribution in [3.8, 4) is 0 Å². The van der Waals surface area contributed by atoms with E-state index in [2.05, 4.69) is 13.8 Å². The second-order valence-corrected chi connectivity index (χ2v) is 8.21. The molecule has 114 valence electrons. The van der Waals surface area contributed by atoms with Gasteiger partial charge in [0.05, 0.1) is 0 Å². The molecule has 3 unspecified atom stereocenters. The maximum absolute atomic E-state index is 11.9. The standard InChI is InChI=1S/C17H27IO2/c1-11-3-6-15(10-16(11)19)12(2)9-13-4-7-14(8-5-13)17(18)20/h11-15H,3-10H2,1-2H3. The molecule has 2 aliphatic carbocycles. The summed E-state index contributed by atoms with van der Waals surface area (Å²) in [5, 5.41) is 0. The number of carbonyl (C=O) groups is 2. The first-order chi connectivity index (χ1) is 9.47. The van der Waals surface area contributed by atoms with E-state index in [-0.39, 0.29) is 0 Å². The average molecular weight is 390 g/mol. The fraction of sp³-hybridized carbons (Fsp3) is 0.882. The second kappa shape index (κ2) is 7.37. The molecular formula is C17H27IO2. The van der Waals surface area contributed by atoms with Crippen molar-refractivity contribution >= 4 is 32.2 Å². The number of carbonyl (C=O) groups excluding carboxylic acids is 2. The SMILES string of the molecule is CC1CCC(C(C)CC2CCC(C(=O)I)CC2)CC1=O. The second-order valence-electron chi connectivity index (χ2n) is 7.14. The summed E-state index contributed by atoms with van der Waals surface area (Å²) >= 11 is 1.96. The lowest BCUT2D eigenvalue weighted by atomic mass is 9.71. The van der Waals surface area contributed by atoms with Crippen LogP contribution in [0.4, 0.5) is 0 Å². The summed E-state index contributed by atoms with van der Waals surface area (Å²) in [5.74, 6) is 3.16. The third kappa shape index (κ3) is 4.28. The zero-order valence-electron chi connectivity index (χ0n) is 12.7. The van der Waals surface area contributed by atoms with Crippen molar-refractivity contribution in [1.82, 2.24) is 0 Å². The molecule has 0 N–H and O–H groups in total. The maximum atomic E-state index is 11.9. The lowest BCUT2D eigenvalue weighted by Gasteiger charge is -2.34. The van der Waals surface area contributed by atoms with E-state index in [1.807, 2.05) is 22.6 Å². The molecule has 3 heteroatoms. The van der Waals surface area contributed by atoms with Gasteiger partial charge in [0.15, 0.2) is 3.79 Å². The van der Waals surface area contributed by atoms with Gasteiger partial charge in [0.25, 0.3) is 0 Å². The van der Waals surface area contributed by atoms with Gasteiger partial charge >= 0.3 is 0 Å². The monoisotopic (exact) mass is 390 g/mol. The topological polar surface area (TPSA) is 34.1 Å². The number of ketones is 1. The molecule has 0 aliphatic heterocycles. The van der Waals surface area contributed by atoms with Crippen molar-refractivity contribution in [2.75, 3.05) is 0 Å². The van der Waals surface area contributed by atoms with Crippen molar-refractivity contribution in [2.45, 2.75) is 65.2 Å². The van der Waals surface area contributed by atoms with Gasteiger partial charge in [-0.3, -0.25) is 9.59 Å². The van der Waals surface area contributed by atoms with Gasteiger partial charge in [-0.15, -0.1) is 0 Å². The Morgan fingerprint density at radius 1 is 1.20 bits per heavy atom. The summed E-state index contributed by atoms with van der Waals surface area (Å²) in [6, 6.07) is 0. The van der Waals surface area contributed by atoms with Gasteiger partial charge in [-0.1, -0.05) is 13.8 Å². The van der Waals surface area contributed by atoms with Gasteiger partial charge in [0.1, 0.15) is 5.78 Å². The molecule has 0 aromatic heterocycles. The van der Waals surface area contributed by atoms with E-state index in [0.29, 0.717) is 33.2 Å². The number of halogens is 1. The number of Topliss-reactive ketones (excluding diaryl/α,β-unsaturated/α-hetero) is 1. The third-order valence-corrected chi connectivity index (χ3v) is 6.54. The molecule has 2 fully saturated rings. The fourth-order valence-electron chi connectivity index (χ4n) is 4.02. The molecule has 0 aromatic carbocycles. The Labute approximate surface area is 136 Å². The van der Waals surface area contributed by atoms with Crippen molar-refractivity contribution in [2.24, 2.45) is 29.6 Å². The van der Waals surface area contributed by atoms with Crippen LogP contribution in [0.1, 0.15) is 65.2 Å². The molecule has 0 saturated heterocycles. The Hall–Kier alpha value is 0.0700. The van der Waals surface area contributed by atoms with Crippen LogP contribution < -0.4 is 0 Å². The van der Waals surface area contributed by atoms with Crippen molar-refractivity contribution in [3.05, 3.63) is 0 Å². The van der Waals surface area contributed by atoms with E-state index in [9.17, 15) is 9.59 Å². The largest absolute Gasteiger partial charge is 0.299 e. The quantitative estimate of drug-likeness (QED) is 0.511. The van der Waals surface area contributed by atoms with Crippen LogP contribution in [0.2, 0.25) is 0 Å². The first-order valence-electron chi connectivity index (χ1n) is 8.19. The minimum absolute atomic E-state index is 0.295. The van der Waals surface area contributed by atoms with Crippen molar-refractivity contribution < 1.29 is 9.59 Å². The van der Waals surface area contributed by atoms with E-state index in [0.717, 1.165) is 31.6 Å². The van der Waals surface area contributed by atoms with Crippen LogP contribution in [0.5, 0.6) is 0 Å². The Balaban J connectivity index is 1.76. The number of hydrogen-bond donors (Lipinski definition) is 0. The van der Waals surface area contributed by atoms with Crippen LogP contribution in [0.3, 0.4) is 0 Å². The van der Waals surface area contributed by atoms with Crippen LogP contribution in [0.15, 0.2) is 0 Å². The lowest BCUT2D eigenvalue weighted by Crippen LogP contribution is -2.28. The molecule has 0 radical (unpaired) electrons. The van der Waals surface area contributed by atoms with E-state index >= 15 is 0 Å². The number of rotatable bonds is 4. The van der Waals surface area contributed by atoms with Gasteiger partial charge < -0.3 is 0 Å². The first kappa shape index (κ1) is 16.4. The summed E-state index contributed by atoms with van der Waals surface area (Å²) in [5.41, 5.74) is 0. The summed E-state index contributed by atoms with van der Waals surface area (Å²) in [6.45, 7) is 4.41. The van der Waals surface area contributed by atoms with Crippen LogP contribution in [-0.4, -0.2) is 9.57 Å². The summed E-state index contributed by atoms with van der Waals surface area (Å²) in [6.07, 6.45) is 8.97. The zero-order valence-corrected chi connectivity index (χ0v) is 14.9. The van der Waals surface area contributed by atoms with E-state index < -0.39 is 0 Å². The maximum Gasteiger partial charge on any atom is 0.195 e. The normalized spacial score (nSPS) is 36.6. The number of hydrogen-bond acceptors (Lipinski definition) is 2. The van der Waals surface area contributed by atoms with Crippen LogP contribution in [0.25, 0.3) is 0 Å². The molecule has 0 heterocycles. The van der Waals surface area contributed by atoms with E-state index in [1.165, 1.54) is 25.7 Å². The van der Waals surface area contributed by atoms with Gasteiger partial charge in [-0.2, -0.15) is 0 Å². The molecule has 0 spiro atoms. The molecule has 2 saturated carbocycles. The minimum Gasteiger partial charge on any atom is -0.299 e. The highest BCUT2D eigenvalue weighted by Gasteiger charge is 2.31. The molecule has 0 aromatic rings. The molecular weight excluding hydrogens is 363 g/mol. The van der Waals surface area contributed by atoms with E-state index in [4.69, 9.17) is 0 Å². The van der Waals surface area contributed by atoms with Gasteiger partial charge in [0.2, 0.25) is 0 Å². The molecule has 2 rings (SSSR count). The summed E-state index contributed by atoms with van der Waals surface area (Å²) in [7, 11) is 0. The first-order valence-corrected chi connectivity index (χ1v) is 9.27. The predicted molar refractivity (Wildman–Crippen MR) is 89.8 cm³/mol. The molecule has 0 bridgehead atoms. The Bertz CT molecular complexity index is 358. The molecule has 20 heavy (non-hydrogen) atoms. The van der Waals surface area contributed by atoms with Gasteiger partial charge in [-0.05, 0) is 85.3 Å². The molecule has 3 atom stereocenters. The van der Waals surface area contributed by atoms with E-state index in [1.54, 1.807) is 0 Å². The van der Waals surface area contributed by atoms with Crippen LogP contribution >= 0.6 is 22.6 Å². The molecule has 0 amide bonds. The molecule has 2 aliphatic rings.